The molecule has 0 N–H and O–H groups in total. The molecule has 0 saturated heterocycles. The molecule has 1 saturated carbocycles. The summed E-state index contributed by atoms with van der Waals surface area (Å²) in [6, 6.07) is 6.77. The van der Waals surface area contributed by atoms with E-state index in [9.17, 15) is 0 Å². The second-order valence-corrected chi connectivity index (χ2v) is 15.9. The minimum absolute atomic E-state index is 0.298. The average Bonchev–Trinajstić information content (AvgIpc) is 3.41. The smallest absolute Gasteiger partial charge is 0.119 e. The maximum absolute atomic E-state index is 6.09. The lowest BCUT2D eigenvalue weighted by Gasteiger charge is -2.29. The molecule has 1 aliphatic carbocycles. The molecule has 0 spiro atoms. The average molecular weight is 608 g/mol. The predicted octanol–water partition coefficient (Wildman–Crippen LogP) is 9.44. The molecule has 6 heteroatoms. The van der Waals surface area contributed by atoms with E-state index in [1.807, 2.05) is 21.6 Å². The maximum Gasteiger partial charge on any atom is 0.119 e. The number of nitrogens with zero attached hydrogens (tertiary/aromatic N) is 1. The van der Waals surface area contributed by atoms with Crippen LogP contribution in [0.1, 0.15) is 109 Å². The summed E-state index contributed by atoms with van der Waals surface area (Å²) < 4.78 is 17.6. The molecular formula is C35H61NO3S2. The van der Waals surface area contributed by atoms with Crippen molar-refractivity contribution in [3.05, 3.63) is 29.3 Å². The predicted molar refractivity (Wildman–Crippen MR) is 180 cm³/mol. The van der Waals surface area contributed by atoms with Gasteiger partial charge in [-0.2, -0.15) is 0 Å². The first kappa shape index (κ1) is 35.1. The van der Waals surface area contributed by atoms with Gasteiger partial charge >= 0.3 is 0 Å². The van der Waals surface area contributed by atoms with Gasteiger partial charge in [0.2, 0.25) is 0 Å². The van der Waals surface area contributed by atoms with Crippen molar-refractivity contribution >= 4 is 21.6 Å². The van der Waals surface area contributed by atoms with Gasteiger partial charge in [-0.25, -0.2) is 0 Å². The third-order valence-electron chi connectivity index (χ3n) is 9.02. The molecule has 4 unspecified atom stereocenters. The normalized spacial score (nSPS) is 20.8. The fourth-order valence-corrected chi connectivity index (χ4v) is 8.07. The van der Waals surface area contributed by atoms with Crippen LogP contribution in [0.5, 0.6) is 5.75 Å². The molecule has 0 amide bonds. The standard InChI is InChI=1S/C35H61NO3S2/c1-28(2)10-6-11-29(3)12-7-13-30(4)14-9-20-36-21-19-31-26-33(18-17-32(31)27-36)38-22-24-40-41-25-23-39-35-16-8-15-34(35)37-5/h17-18,26,28-30,34-35H,6-16,19-25,27H2,1-5H3. The van der Waals surface area contributed by atoms with Crippen molar-refractivity contribution < 1.29 is 14.2 Å². The summed E-state index contributed by atoms with van der Waals surface area (Å²) in [7, 11) is 5.57. The molecule has 1 aromatic rings. The molecule has 4 atom stereocenters. The summed E-state index contributed by atoms with van der Waals surface area (Å²) in [6.07, 6.45) is 16.4. The highest BCUT2D eigenvalue weighted by atomic mass is 33.1. The number of methoxy groups -OCH3 is 1. The van der Waals surface area contributed by atoms with Crippen LogP contribution in [0.4, 0.5) is 0 Å². The third-order valence-corrected chi connectivity index (χ3v) is 11.4. The highest BCUT2D eigenvalue weighted by Gasteiger charge is 2.27. The van der Waals surface area contributed by atoms with Gasteiger partial charge in [0.1, 0.15) is 5.75 Å². The van der Waals surface area contributed by atoms with E-state index >= 15 is 0 Å². The summed E-state index contributed by atoms with van der Waals surface area (Å²) >= 11 is 0. The summed E-state index contributed by atoms with van der Waals surface area (Å²) in [5, 5.41) is 0. The second kappa shape index (κ2) is 20.5. The largest absolute Gasteiger partial charge is 0.493 e. The third kappa shape index (κ3) is 14.3. The Morgan fingerprint density at radius 3 is 2.24 bits per heavy atom. The van der Waals surface area contributed by atoms with Crippen molar-refractivity contribution in [1.82, 2.24) is 4.90 Å². The van der Waals surface area contributed by atoms with Gasteiger partial charge in [-0.1, -0.05) is 93.9 Å². The highest BCUT2D eigenvalue weighted by Crippen LogP contribution is 2.28. The van der Waals surface area contributed by atoms with Crippen LogP contribution in [0.2, 0.25) is 0 Å². The van der Waals surface area contributed by atoms with Crippen LogP contribution in [0.15, 0.2) is 18.2 Å². The van der Waals surface area contributed by atoms with Gasteiger partial charge in [0, 0.05) is 31.7 Å². The maximum atomic E-state index is 6.09. The SMILES string of the molecule is COC1CCCC1OCCSSCCOc1ccc2c(c1)CCN(CCCC(C)CCCC(C)CCCC(C)C)C2. The zero-order chi connectivity index (χ0) is 29.3. The van der Waals surface area contributed by atoms with Crippen molar-refractivity contribution in [3.63, 3.8) is 0 Å². The van der Waals surface area contributed by atoms with Gasteiger partial charge in [0.05, 0.1) is 25.4 Å². The number of fused-ring (bicyclic) bond motifs is 1. The number of hydrogen-bond donors (Lipinski definition) is 0. The van der Waals surface area contributed by atoms with Gasteiger partial charge in [-0.3, -0.25) is 4.90 Å². The molecule has 1 heterocycles. The topological polar surface area (TPSA) is 30.9 Å². The summed E-state index contributed by atoms with van der Waals surface area (Å²) in [4.78, 5) is 2.66. The number of benzene rings is 1. The zero-order valence-corrected chi connectivity index (χ0v) is 28.7. The first-order valence-corrected chi connectivity index (χ1v) is 19.3. The van der Waals surface area contributed by atoms with Crippen molar-refractivity contribution in [2.45, 2.75) is 123 Å². The van der Waals surface area contributed by atoms with Crippen LogP contribution in [-0.4, -0.2) is 62.0 Å². The molecule has 0 bridgehead atoms. The molecule has 0 radical (unpaired) electrons. The fraction of sp³-hybridized carbons (Fsp3) is 0.829. The Labute approximate surface area is 261 Å². The number of ether oxygens (including phenoxy) is 3. The van der Waals surface area contributed by atoms with E-state index in [4.69, 9.17) is 14.2 Å². The Morgan fingerprint density at radius 2 is 1.51 bits per heavy atom. The van der Waals surface area contributed by atoms with Crippen molar-refractivity contribution in [2.75, 3.05) is 44.9 Å². The molecule has 1 fully saturated rings. The van der Waals surface area contributed by atoms with Gasteiger partial charge in [0.15, 0.2) is 0 Å². The van der Waals surface area contributed by atoms with Crippen LogP contribution in [-0.2, 0) is 22.4 Å². The Bertz CT molecular complexity index is 823. The molecule has 3 rings (SSSR count). The second-order valence-electron chi connectivity index (χ2n) is 13.2. The lowest BCUT2D eigenvalue weighted by Crippen LogP contribution is -2.31. The van der Waals surface area contributed by atoms with E-state index in [0.29, 0.717) is 12.2 Å². The van der Waals surface area contributed by atoms with Crippen LogP contribution >= 0.6 is 21.6 Å². The molecule has 1 aromatic carbocycles. The summed E-state index contributed by atoms with van der Waals surface area (Å²) in [5.41, 5.74) is 2.97. The van der Waals surface area contributed by atoms with E-state index in [1.165, 1.54) is 82.0 Å². The molecule has 41 heavy (non-hydrogen) atoms. The van der Waals surface area contributed by atoms with Crippen molar-refractivity contribution in [3.8, 4) is 5.75 Å². The van der Waals surface area contributed by atoms with Crippen LogP contribution < -0.4 is 4.74 Å². The Hall–Kier alpha value is -0.400. The van der Waals surface area contributed by atoms with Gasteiger partial charge in [0.25, 0.3) is 0 Å². The fourth-order valence-electron chi connectivity index (χ4n) is 6.41. The van der Waals surface area contributed by atoms with Crippen LogP contribution in [0, 0.1) is 17.8 Å². The van der Waals surface area contributed by atoms with E-state index in [0.717, 1.165) is 74.0 Å². The molecule has 0 aromatic heterocycles. The first-order chi connectivity index (χ1) is 19.9. The summed E-state index contributed by atoms with van der Waals surface area (Å²) in [6.45, 7) is 14.7. The summed E-state index contributed by atoms with van der Waals surface area (Å²) in [5.74, 6) is 5.66. The lowest BCUT2D eigenvalue weighted by molar-refractivity contribution is -0.0327. The minimum atomic E-state index is 0.298. The zero-order valence-electron chi connectivity index (χ0n) is 27.0. The minimum Gasteiger partial charge on any atom is -0.493 e. The van der Waals surface area contributed by atoms with E-state index in [2.05, 4.69) is 50.8 Å². The Morgan fingerprint density at radius 1 is 0.829 bits per heavy atom. The van der Waals surface area contributed by atoms with Crippen LogP contribution in [0.25, 0.3) is 0 Å². The molecule has 2 aliphatic rings. The first-order valence-electron chi connectivity index (χ1n) is 16.8. The number of hydrogen-bond acceptors (Lipinski definition) is 6. The van der Waals surface area contributed by atoms with Gasteiger partial charge in [-0.15, -0.1) is 0 Å². The van der Waals surface area contributed by atoms with Crippen molar-refractivity contribution in [1.29, 1.82) is 0 Å². The molecule has 4 nitrogen and oxygen atoms in total. The lowest BCUT2D eigenvalue weighted by atomic mass is 9.92. The molecular weight excluding hydrogens is 547 g/mol. The number of rotatable bonds is 22. The van der Waals surface area contributed by atoms with E-state index in [1.54, 1.807) is 7.11 Å². The van der Waals surface area contributed by atoms with Crippen LogP contribution in [0.3, 0.4) is 0 Å². The Kier molecular flexibility index (Phi) is 17.6. The Balaban J connectivity index is 1.19. The quantitative estimate of drug-likeness (QED) is 0.0964. The van der Waals surface area contributed by atoms with Gasteiger partial charge in [-0.05, 0) is 86.1 Å². The monoisotopic (exact) mass is 607 g/mol. The van der Waals surface area contributed by atoms with E-state index < -0.39 is 0 Å². The molecule has 1 aliphatic heterocycles. The van der Waals surface area contributed by atoms with Crippen molar-refractivity contribution in [2.24, 2.45) is 17.8 Å². The highest BCUT2D eigenvalue weighted by molar-refractivity contribution is 8.76. The van der Waals surface area contributed by atoms with E-state index in [-0.39, 0.29) is 0 Å². The van der Waals surface area contributed by atoms with Gasteiger partial charge < -0.3 is 14.2 Å². The molecule has 236 valence electrons.